The van der Waals surface area contributed by atoms with E-state index in [-0.39, 0.29) is 17.8 Å². The average Bonchev–Trinajstić information content (AvgIpc) is 2.80. The van der Waals surface area contributed by atoms with Crippen LogP contribution in [0.2, 0.25) is 0 Å². The van der Waals surface area contributed by atoms with Crippen LogP contribution in [-0.2, 0) is 16.0 Å². The number of nitrogens with two attached hydrogens (primary N) is 1. The molecule has 110 valence electrons. The number of anilines is 1. The summed E-state index contributed by atoms with van der Waals surface area (Å²) in [6, 6.07) is 5.17. The van der Waals surface area contributed by atoms with Crippen molar-refractivity contribution >= 4 is 11.7 Å². The second kappa shape index (κ2) is 6.21. The van der Waals surface area contributed by atoms with Gasteiger partial charge in [0.15, 0.2) is 0 Å². The maximum atomic E-state index is 11.3. The van der Waals surface area contributed by atoms with Crippen molar-refractivity contribution in [1.29, 1.82) is 0 Å². The van der Waals surface area contributed by atoms with Gasteiger partial charge in [0, 0.05) is 39.5 Å². The van der Waals surface area contributed by atoms with Gasteiger partial charge in [0.2, 0.25) is 0 Å². The SMILES string of the molecule is COC1CN(Cc2cccc(N)c2C(=O)O)CC1OC. The van der Waals surface area contributed by atoms with Crippen molar-refractivity contribution in [2.24, 2.45) is 0 Å². The van der Waals surface area contributed by atoms with Crippen LogP contribution >= 0.6 is 0 Å². The molecule has 0 aromatic heterocycles. The number of nitrogens with zero attached hydrogens (tertiary/aromatic N) is 1. The van der Waals surface area contributed by atoms with Crippen LogP contribution in [-0.4, -0.2) is 55.5 Å². The van der Waals surface area contributed by atoms with E-state index in [4.69, 9.17) is 15.2 Å². The topological polar surface area (TPSA) is 85.0 Å². The first kappa shape index (κ1) is 14.8. The van der Waals surface area contributed by atoms with E-state index < -0.39 is 5.97 Å². The molecule has 2 atom stereocenters. The molecule has 1 aliphatic rings. The Morgan fingerprint density at radius 1 is 1.35 bits per heavy atom. The van der Waals surface area contributed by atoms with E-state index in [0.29, 0.717) is 30.9 Å². The van der Waals surface area contributed by atoms with Crippen molar-refractivity contribution in [2.45, 2.75) is 18.8 Å². The molecular formula is C14H20N2O4. The highest BCUT2D eigenvalue weighted by Gasteiger charge is 2.33. The predicted octanol–water partition coefficient (Wildman–Crippen LogP) is 0.813. The van der Waals surface area contributed by atoms with Gasteiger partial charge in [0.25, 0.3) is 0 Å². The van der Waals surface area contributed by atoms with Gasteiger partial charge in [-0.2, -0.15) is 0 Å². The van der Waals surface area contributed by atoms with E-state index in [2.05, 4.69) is 4.90 Å². The number of likely N-dealkylation sites (tertiary alicyclic amines) is 1. The normalized spacial score (nSPS) is 23.1. The summed E-state index contributed by atoms with van der Waals surface area (Å²) in [5.74, 6) is -0.996. The number of methoxy groups -OCH3 is 2. The summed E-state index contributed by atoms with van der Waals surface area (Å²) in [7, 11) is 3.31. The minimum absolute atomic E-state index is 0.00865. The van der Waals surface area contributed by atoms with Gasteiger partial charge in [0.1, 0.15) is 0 Å². The molecule has 0 aliphatic carbocycles. The van der Waals surface area contributed by atoms with Crippen molar-refractivity contribution in [3.63, 3.8) is 0 Å². The summed E-state index contributed by atoms with van der Waals surface area (Å²) < 4.78 is 10.8. The maximum absolute atomic E-state index is 11.3. The Balaban J connectivity index is 2.15. The Morgan fingerprint density at radius 2 is 1.95 bits per heavy atom. The van der Waals surface area contributed by atoms with Crippen LogP contribution in [0.15, 0.2) is 18.2 Å². The molecule has 1 aromatic carbocycles. The summed E-state index contributed by atoms with van der Waals surface area (Å²) in [4.78, 5) is 13.4. The molecule has 2 unspecified atom stereocenters. The summed E-state index contributed by atoms with van der Waals surface area (Å²) >= 11 is 0. The van der Waals surface area contributed by atoms with Crippen molar-refractivity contribution < 1.29 is 19.4 Å². The zero-order valence-electron chi connectivity index (χ0n) is 11.7. The number of carbonyl (C=O) groups is 1. The molecule has 6 heteroatoms. The molecule has 1 aromatic rings. The van der Waals surface area contributed by atoms with Crippen LogP contribution in [0, 0.1) is 0 Å². The Labute approximate surface area is 118 Å². The minimum Gasteiger partial charge on any atom is -0.478 e. The minimum atomic E-state index is -0.996. The molecular weight excluding hydrogens is 260 g/mol. The van der Waals surface area contributed by atoms with E-state index in [0.717, 1.165) is 0 Å². The van der Waals surface area contributed by atoms with E-state index in [9.17, 15) is 9.90 Å². The number of carboxylic acid groups (broad SMARTS) is 1. The zero-order chi connectivity index (χ0) is 14.7. The first-order chi connectivity index (χ1) is 9.56. The molecule has 1 heterocycles. The number of benzene rings is 1. The fraction of sp³-hybridized carbons (Fsp3) is 0.500. The molecule has 1 aliphatic heterocycles. The first-order valence-corrected chi connectivity index (χ1v) is 6.45. The van der Waals surface area contributed by atoms with Crippen LogP contribution in [0.1, 0.15) is 15.9 Å². The summed E-state index contributed by atoms with van der Waals surface area (Å²) in [5, 5.41) is 9.27. The lowest BCUT2D eigenvalue weighted by atomic mass is 10.1. The molecule has 1 fully saturated rings. The second-order valence-electron chi connectivity index (χ2n) is 4.93. The van der Waals surface area contributed by atoms with Crippen molar-refractivity contribution in [3.8, 4) is 0 Å². The quantitative estimate of drug-likeness (QED) is 0.776. The van der Waals surface area contributed by atoms with Crippen molar-refractivity contribution in [3.05, 3.63) is 29.3 Å². The lowest BCUT2D eigenvalue weighted by Crippen LogP contribution is -2.27. The summed E-state index contributed by atoms with van der Waals surface area (Å²) in [5.41, 5.74) is 6.94. The Bertz CT molecular complexity index is 480. The highest BCUT2D eigenvalue weighted by atomic mass is 16.5. The number of carboxylic acids is 1. The van der Waals surface area contributed by atoms with Crippen molar-refractivity contribution in [1.82, 2.24) is 4.90 Å². The van der Waals surface area contributed by atoms with Gasteiger partial charge in [-0.3, -0.25) is 4.90 Å². The fourth-order valence-electron chi connectivity index (χ4n) is 2.65. The Kier molecular flexibility index (Phi) is 4.59. The van der Waals surface area contributed by atoms with Gasteiger partial charge in [-0.25, -0.2) is 4.79 Å². The first-order valence-electron chi connectivity index (χ1n) is 6.45. The lowest BCUT2D eigenvalue weighted by molar-refractivity contribution is -0.00461. The number of nitrogen functional groups attached to an aromatic ring is 1. The molecule has 20 heavy (non-hydrogen) atoms. The highest BCUT2D eigenvalue weighted by molar-refractivity contribution is 5.95. The molecule has 0 saturated carbocycles. The Hall–Kier alpha value is -1.63. The van der Waals surface area contributed by atoms with Crippen LogP contribution in [0.3, 0.4) is 0 Å². The lowest BCUT2D eigenvalue weighted by Gasteiger charge is -2.17. The smallest absolute Gasteiger partial charge is 0.338 e. The monoisotopic (exact) mass is 280 g/mol. The fourth-order valence-corrected chi connectivity index (χ4v) is 2.65. The van der Waals surface area contributed by atoms with Gasteiger partial charge in [-0.1, -0.05) is 12.1 Å². The molecule has 1 saturated heterocycles. The molecule has 0 radical (unpaired) electrons. The maximum Gasteiger partial charge on any atom is 0.338 e. The van der Waals surface area contributed by atoms with E-state index in [1.165, 1.54) is 0 Å². The molecule has 6 nitrogen and oxygen atoms in total. The average molecular weight is 280 g/mol. The summed E-state index contributed by atoms with van der Waals surface area (Å²) in [6.45, 7) is 1.94. The second-order valence-corrected chi connectivity index (χ2v) is 4.93. The number of hydrogen-bond donors (Lipinski definition) is 2. The molecule has 2 rings (SSSR count). The molecule has 3 N–H and O–H groups in total. The van der Waals surface area contributed by atoms with Gasteiger partial charge >= 0.3 is 5.97 Å². The third-order valence-electron chi connectivity index (χ3n) is 3.69. The highest BCUT2D eigenvalue weighted by Crippen LogP contribution is 2.22. The number of hydrogen-bond acceptors (Lipinski definition) is 5. The van der Waals surface area contributed by atoms with Crippen molar-refractivity contribution in [2.75, 3.05) is 33.0 Å². The molecule has 0 bridgehead atoms. The van der Waals surface area contributed by atoms with E-state index in [1.54, 1.807) is 32.4 Å². The van der Waals surface area contributed by atoms with Crippen LogP contribution in [0.25, 0.3) is 0 Å². The summed E-state index contributed by atoms with van der Waals surface area (Å²) in [6.07, 6.45) is 0.0173. The third kappa shape index (κ3) is 2.92. The van der Waals surface area contributed by atoms with E-state index in [1.807, 2.05) is 0 Å². The standard InChI is InChI=1S/C14H20N2O4/c1-19-11-7-16(8-12(11)20-2)6-9-4-3-5-10(15)13(9)14(17)18/h3-5,11-12H,6-8,15H2,1-2H3,(H,17,18). The Morgan fingerprint density at radius 3 is 2.45 bits per heavy atom. The van der Waals surface area contributed by atoms with Gasteiger partial charge in [-0.05, 0) is 11.6 Å². The zero-order valence-corrected chi connectivity index (χ0v) is 11.7. The van der Waals surface area contributed by atoms with Gasteiger partial charge < -0.3 is 20.3 Å². The number of rotatable bonds is 5. The van der Waals surface area contributed by atoms with Gasteiger partial charge in [-0.15, -0.1) is 0 Å². The number of aromatic carboxylic acids is 1. The number of ether oxygens (including phenoxy) is 2. The molecule has 0 spiro atoms. The predicted molar refractivity (Wildman–Crippen MR) is 74.7 cm³/mol. The molecule has 0 amide bonds. The van der Waals surface area contributed by atoms with Gasteiger partial charge in [0.05, 0.1) is 17.8 Å². The van der Waals surface area contributed by atoms with E-state index >= 15 is 0 Å². The van der Waals surface area contributed by atoms with Crippen LogP contribution in [0.5, 0.6) is 0 Å². The third-order valence-corrected chi connectivity index (χ3v) is 3.69. The van der Waals surface area contributed by atoms with Crippen LogP contribution in [0.4, 0.5) is 5.69 Å². The largest absolute Gasteiger partial charge is 0.478 e. The van der Waals surface area contributed by atoms with Crippen LogP contribution < -0.4 is 5.73 Å².